The van der Waals surface area contributed by atoms with Crippen molar-refractivity contribution in [3.8, 4) is 0 Å². The molecule has 0 heterocycles. The molecule has 0 aliphatic heterocycles. The van der Waals surface area contributed by atoms with Crippen LogP contribution in [-0.4, -0.2) is 13.1 Å². The van der Waals surface area contributed by atoms with Gasteiger partial charge in [0.1, 0.15) is 0 Å². The summed E-state index contributed by atoms with van der Waals surface area (Å²) in [5.41, 5.74) is 7.13. The number of benzene rings is 2. The standard InChI is InChI=1S/C15H17NO2/c1-18-15(17)9-8-14(16)13-7-6-11-4-2-3-5-12(11)10-13/h2-7,10,14H,8-9,16H2,1H3. The fraction of sp³-hybridized carbons (Fsp3) is 0.267. The lowest BCUT2D eigenvalue weighted by Crippen LogP contribution is -2.12. The fourth-order valence-corrected chi connectivity index (χ4v) is 1.98. The van der Waals surface area contributed by atoms with Gasteiger partial charge in [-0.15, -0.1) is 0 Å². The molecule has 0 aromatic heterocycles. The van der Waals surface area contributed by atoms with Crippen molar-refractivity contribution in [1.82, 2.24) is 0 Å². The minimum atomic E-state index is -0.216. The van der Waals surface area contributed by atoms with E-state index in [0.717, 1.165) is 5.56 Å². The molecule has 0 saturated heterocycles. The predicted molar refractivity (Wildman–Crippen MR) is 72.1 cm³/mol. The molecule has 1 unspecified atom stereocenters. The maximum absolute atomic E-state index is 11.1. The number of esters is 1. The number of nitrogens with two attached hydrogens (primary N) is 1. The molecule has 18 heavy (non-hydrogen) atoms. The molecule has 2 N–H and O–H groups in total. The third-order valence-electron chi connectivity index (χ3n) is 3.09. The van der Waals surface area contributed by atoms with E-state index in [9.17, 15) is 4.79 Å². The fourth-order valence-electron chi connectivity index (χ4n) is 1.98. The highest BCUT2D eigenvalue weighted by Crippen LogP contribution is 2.21. The highest BCUT2D eigenvalue weighted by Gasteiger charge is 2.09. The largest absolute Gasteiger partial charge is 0.469 e. The maximum Gasteiger partial charge on any atom is 0.305 e. The Hall–Kier alpha value is -1.87. The van der Waals surface area contributed by atoms with Gasteiger partial charge < -0.3 is 10.5 Å². The number of ether oxygens (including phenoxy) is 1. The van der Waals surface area contributed by atoms with Gasteiger partial charge in [0.15, 0.2) is 0 Å². The molecule has 1 atom stereocenters. The van der Waals surface area contributed by atoms with Gasteiger partial charge in [-0.2, -0.15) is 0 Å². The first kappa shape index (κ1) is 12.6. The third kappa shape index (κ3) is 2.87. The van der Waals surface area contributed by atoms with Crippen LogP contribution in [0.5, 0.6) is 0 Å². The normalized spacial score (nSPS) is 12.3. The lowest BCUT2D eigenvalue weighted by atomic mass is 9.99. The van der Waals surface area contributed by atoms with Crippen LogP contribution in [0.25, 0.3) is 10.8 Å². The van der Waals surface area contributed by atoms with Crippen molar-refractivity contribution in [1.29, 1.82) is 0 Å². The predicted octanol–water partition coefficient (Wildman–Crippen LogP) is 2.79. The number of rotatable bonds is 4. The van der Waals surface area contributed by atoms with E-state index in [0.29, 0.717) is 12.8 Å². The quantitative estimate of drug-likeness (QED) is 0.840. The lowest BCUT2D eigenvalue weighted by Gasteiger charge is -2.12. The summed E-state index contributed by atoms with van der Waals surface area (Å²) < 4.78 is 4.61. The van der Waals surface area contributed by atoms with E-state index in [1.54, 1.807) is 0 Å². The van der Waals surface area contributed by atoms with Crippen LogP contribution < -0.4 is 5.73 Å². The Morgan fingerprint density at radius 3 is 2.67 bits per heavy atom. The summed E-state index contributed by atoms with van der Waals surface area (Å²) in [7, 11) is 1.39. The summed E-state index contributed by atoms with van der Waals surface area (Å²) in [6.07, 6.45) is 0.954. The van der Waals surface area contributed by atoms with Crippen LogP contribution in [0.4, 0.5) is 0 Å². The highest BCUT2D eigenvalue weighted by molar-refractivity contribution is 5.83. The van der Waals surface area contributed by atoms with E-state index in [4.69, 9.17) is 5.73 Å². The van der Waals surface area contributed by atoms with Crippen molar-refractivity contribution in [2.24, 2.45) is 5.73 Å². The zero-order valence-corrected chi connectivity index (χ0v) is 10.4. The summed E-state index contributed by atoms with van der Waals surface area (Å²) in [6, 6.07) is 14.2. The van der Waals surface area contributed by atoms with Crippen molar-refractivity contribution in [3.63, 3.8) is 0 Å². The molecule has 0 radical (unpaired) electrons. The topological polar surface area (TPSA) is 52.3 Å². The second-order valence-electron chi connectivity index (χ2n) is 4.33. The maximum atomic E-state index is 11.1. The molecule has 2 rings (SSSR count). The molecule has 0 saturated carbocycles. The van der Waals surface area contributed by atoms with Gasteiger partial charge in [0.05, 0.1) is 7.11 Å². The molecular weight excluding hydrogens is 226 g/mol. The van der Waals surface area contributed by atoms with Gasteiger partial charge in [0.25, 0.3) is 0 Å². The van der Waals surface area contributed by atoms with E-state index in [-0.39, 0.29) is 12.0 Å². The molecule has 2 aromatic rings. The van der Waals surface area contributed by atoms with Gasteiger partial charge >= 0.3 is 5.97 Å². The molecule has 0 amide bonds. The number of carbonyl (C=O) groups excluding carboxylic acids is 1. The minimum Gasteiger partial charge on any atom is -0.469 e. The van der Waals surface area contributed by atoms with Crippen LogP contribution in [0, 0.1) is 0 Å². The van der Waals surface area contributed by atoms with Crippen molar-refractivity contribution in [3.05, 3.63) is 48.0 Å². The lowest BCUT2D eigenvalue weighted by molar-refractivity contribution is -0.140. The molecule has 3 nitrogen and oxygen atoms in total. The minimum absolute atomic E-state index is 0.131. The molecule has 0 fully saturated rings. The van der Waals surface area contributed by atoms with E-state index in [2.05, 4.69) is 29.0 Å². The van der Waals surface area contributed by atoms with Crippen molar-refractivity contribution in [2.75, 3.05) is 7.11 Å². The Morgan fingerprint density at radius 1 is 1.22 bits per heavy atom. The number of hydrogen-bond acceptors (Lipinski definition) is 3. The van der Waals surface area contributed by atoms with Gasteiger partial charge in [-0.1, -0.05) is 36.4 Å². The zero-order chi connectivity index (χ0) is 13.0. The molecule has 0 aliphatic rings. The van der Waals surface area contributed by atoms with E-state index < -0.39 is 0 Å². The second kappa shape index (κ2) is 5.65. The monoisotopic (exact) mass is 243 g/mol. The average Bonchev–Trinajstić information content (AvgIpc) is 2.43. The summed E-state index contributed by atoms with van der Waals surface area (Å²) in [5, 5.41) is 2.37. The van der Waals surface area contributed by atoms with Gasteiger partial charge in [-0.25, -0.2) is 0 Å². The smallest absolute Gasteiger partial charge is 0.305 e. The summed E-state index contributed by atoms with van der Waals surface area (Å²) in [6.45, 7) is 0. The SMILES string of the molecule is COC(=O)CCC(N)c1ccc2ccccc2c1. The Morgan fingerprint density at radius 2 is 1.94 bits per heavy atom. The van der Waals surface area contributed by atoms with Crippen LogP contribution in [0.1, 0.15) is 24.4 Å². The molecule has 2 aromatic carbocycles. The summed E-state index contributed by atoms with van der Waals surface area (Å²) in [5.74, 6) is -0.216. The van der Waals surface area contributed by atoms with Crippen molar-refractivity contribution >= 4 is 16.7 Å². The molecular formula is C15H17NO2. The van der Waals surface area contributed by atoms with Gasteiger partial charge in [0.2, 0.25) is 0 Å². The molecule has 0 bridgehead atoms. The molecule has 0 aliphatic carbocycles. The number of fused-ring (bicyclic) bond motifs is 1. The van der Waals surface area contributed by atoms with Gasteiger partial charge in [-0.05, 0) is 28.8 Å². The highest BCUT2D eigenvalue weighted by atomic mass is 16.5. The molecule has 0 spiro atoms. The van der Waals surface area contributed by atoms with Crippen LogP contribution in [-0.2, 0) is 9.53 Å². The van der Waals surface area contributed by atoms with E-state index in [1.807, 2.05) is 18.2 Å². The Labute approximate surface area is 107 Å². The average molecular weight is 243 g/mol. The van der Waals surface area contributed by atoms with Crippen LogP contribution in [0.15, 0.2) is 42.5 Å². The van der Waals surface area contributed by atoms with Crippen molar-refractivity contribution < 1.29 is 9.53 Å². The summed E-state index contributed by atoms with van der Waals surface area (Å²) in [4.78, 5) is 11.1. The zero-order valence-electron chi connectivity index (χ0n) is 10.4. The van der Waals surface area contributed by atoms with E-state index >= 15 is 0 Å². The first-order valence-corrected chi connectivity index (χ1v) is 6.02. The second-order valence-corrected chi connectivity index (χ2v) is 4.33. The van der Waals surface area contributed by atoms with Crippen LogP contribution >= 0.6 is 0 Å². The van der Waals surface area contributed by atoms with Gasteiger partial charge in [-0.3, -0.25) is 4.79 Å². The Kier molecular flexibility index (Phi) is 3.95. The summed E-state index contributed by atoms with van der Waals surface area (Å²) >= 11 is 0. The number of methoxy groups -OCH3 is 1. The number of carbonyl (C=O) groups is 1. The van der Waals surface area contributed by atoms with Crippen molar-refractivity contribution in [2.45, 2.75) is 18.9 Å². The number of hydrogen-bond donors (Lipinski definition) is 1. The third-order valence-corrected chi connectivity index (χ3v) is 3.09. The van der Waals surface area contributed by atoms with Crippen LogP contribution in [0.2, 0.25) is 0 Å². The Balaban J connectivity index is 2.12. The molecule has 94 valence electrons. The molecule has 3 heteroatoms. The van der Waals surface area contributed by atoms with Gasteiger partial charge in [0, 0.05) is 12.5 Å². The Bertz CT molecular complexity index is 551. The van der Waals surface area contributed by atoms with E-state index in [1.165, 1.54) is 17.9 Å². The first-order chi connectivity index (χ1) is 8.70. The van der Waals surface area contributed by atoms with Crippen LogP contribution in [0.3, 0.4) is 0 Å². The first-order valence-electron chi connectivity index (χ1n) is 6.02.